The summed E-state index contributed by atoms with van der Waals surface area (Å²) < 4.78 is 0. The number of para-hydroxylation sites is 1. The van der Waals surface area contributed by atoms with Crippen LogP contribution in [0.3, 0.4) is 0 Å². The number of pyridine rings is 1. The van der Waals surface area contributed by atoms with E-state index in [-0.39, 0.29) is 0 Å². The summed E-state index contributed by atoms with van der Waals surface area (Å²) in [5, 5.41) is 1.22. The van der Waals surface area contributed by atoms with Crippen molar-refractivity contribution >= 4 is 10.9 Å². The van der Waals surface area contributed by atoms with Crippen LogP contribution in [0.4, 0.5) is 0 Å². The molecule has 0 spiro atoms. The minimum Gasteiger partial charge on any atom is -0.327 e. The lowest BCUT2D eigenvalue weighted by Crippen LogP contribution is -2.22. The lowest BCUT2D eigenvalue weighted by atomic mass is 9.95. The normalized spacial score (nSPS) is 25.1. The summed E-state index contributed by atoms with van der Waals surface area (Å²) >= 11 is 0. The predicted molar refractivity (Wildman–Crippen MR) is 66.3 cm³/mol. The second-order valence-corrected chi connectivity index (χ2v) is 4.66. The Labute approximate surface area is 95.5 Å². The summed E-state index contributed by atoms with van der Waals surface area (Å²) in [7, 11) is 0. The molecule has 2 N–H and O–H groups in total. The van der Waals surface area contributed by atoms with Crippen molar-refractivity contribution in [3.05, 3.63) is 42.1 Å². The Balaban J connectivity index is 2.04. The smallest absolute Gasteiger partial charge is 0.0702 e. The number of fused-ring (bicyclic) bond motifs is 1. The van der Waals surface area contributed by atoms with Gasteiger partial charge >= 0.3 is 0 Å². The predicted octanol–water partition coefficient (Wildman–Crippen LogP) is 2.83. The number of hydrogen-bond donors (Lipinski definition) is 1. The third kappa shape index (κ3) is 1.59. The second kappa shape index (κ2) is 3.87. The van der Waals surface area contributed by atoms with Gasteiger partial charge in [0, 0.05) is 23.5 Å². The van der Waals surface area contributed by atoms with E-state index in [0.717, 1.165) is 11.9 Å². The van der Waals surface area contributed by atoms with E-state index in [0.29, 0.717) is 12.0 Å². The van der Waals surface area contributed by atoms with Crippen molar-refractivity contribution in [3.8, 4) is 0 Å². The SMILES string of the molecule is NC1CCCC1c1cnc2ccccc2c1. The largest absolute Gasteiger partial charge is 0.327 e. The number of aromatic nitrogens is 1. The third-order valence-electron chi connectivity index (χ3n) is 3.61. The highest BCUT2D eigenvalue weighted by Crippen LogP contribution is 2.33. The average molecular weight is 212 g/mol. The number of nitrogens with two attached hydrogens (primary N) is 1. The van der Waals surface area contributed by atoms with Crippen LogP contribution in [-0.2, 0) is 0 Å². The van der Waals surface area contributed by atoms with E-state index in [9.17, 15) is 0 Å². The molecule has 1 aliphatic carbocycles. The highest BCUT2D eigenvalue weighted by Gasteiger charge is 2.25. The molecule has 1 fully saturated rings. The van der Waals surface area contributed by atoms with E-state index in [1.54, 1.807) is 0 Å². The molecule has 1 aromatic heterocycles. The quantitative estimate of drug-likeness (QED) is 0.789. The van der Waals surface area contributed by atoms with Crippen LogP contribution in [0.25, 0.3) is 10.9 Å². The monoisotopic (exact) mass is 212 g/mol. The van der Waals surface area contributed by atoms with Crippen molar-refractivity contribution in [1.29, 1.82) is 0 Å². The van der Waals surface area contributed by atoms with Crippen LogP contribution in [0, 0.1) is 0 Å². The van der Waals surface area contributed by atoms with E-state index >= 15 is 0 Å². The van der Waals surface area contributed by atoms with Gasteiger partial charge in [-0.25, -0.2) is 0 Å². The molecule has 1 saturated carbocycles. The van der Waals surface area contributed by atoms with Gasteiger partial charge in [-0.15, -0.1) is 0 Å². The summed E-state index contributed by atoms with van der Waals surface area (Å²) in [6.07, 6.45) is 5.61. The molecule has 2 nitrogen and oxygen atoms in total. The average Bonchev–Trinajstić information content (AvgIpc) is 2.75. The van der Waals surface area contributed by atoms with Crippen LogP contribution in [0.1, 0.15) is 30.7 Å². The van der Waals surface area contributed by atoms with Crippen LogP contribution >= 0.6 is 0 Å². The third-order valence-corrected chi connectivity index (χ3v) is 3.61. The molecule has 0 aliphatic heterocycles. The molecule has 2 heteroatoms. The van der Waals surface area contributed by atoms with Gasteiger partial charge in [0.05, 0.1) is 5.52 Å². The number of benzene rings is 1. The fourth-order valence-corrected chi connectivity index (χ4v) is 2.69. The Kier molecular flexibility index (Phi) is 2.37. The van der Waals surface area contributed by atoms with E-state index in [2.05, 4.69) is 23.2 Å². The summed E-state index contributed by atoms with van der Waals surface area (Å²) in [4.78, 5) is 4.50. The Morgan fingerprint density at radius 2 is 2.06 bits per heavy atom. The van der Waals surface area contributed by atoms with Gasteiger partial charge in [-0.1, -0.05) is 24.6 Å². The molecule has 0 radical (unpaired) electrons. The first-order chi connectivity index (χ1) is 7.84. The van der Waals surface area contributed by atoms with Crippen molar-refractivity contribution in [3.63, 3.8) is 0 Å². The molecule has 2 unspecified atom stereocenters. The summed E-state index contributed by atoms with van der Waals surface area (Å²) in [5.74, 6) is 0.511. The molecular formula is C14H16N2. The minimum atomic E-state index is 0.322. The van der Waals surface area contributed by atoms with Crippen LogP contribution in [0.2, 0.25) is 0 Å². The van der Waals surface area contributed by atoms with Crippen molar-refractivity contribution in [2.75, 3.05) is 0 Å². The first kappa shape index (κ1) is 9.79. The van der Waals surface area contributed by atoms with Crippen molar-refractivity contribution in [2.45, 2.75) is 31.2 Å². The zero-order chi connectivity index (χ0) is 11.0. The zero-order valence-corrected chi connectivity index (χ0v) is 9.26. The number of nitrogens with zero attached hydrogens (tertiary/aromatic N) is 1. The van der Waals surface area contributed by atoms with Gasteiger partial charge in [-0.05, 0) is 30.5 Å². The summed E-state index contributed by atoms with van der Waals surface area (Å²) in [6.45, 7) is 0. The molecule has 2 atom stereocenters. The Morgan fingerprint density at radius 1 is 1.19 bits per heavy atom. The molecule has 16 heavy (non-hydrogen) atoms. The highest BCUT2D eigenvalue weighted by molar-refractivity contribution is 5.78. The fourth-order valence-electron chi connectivity index (χ4n) is 2.69. The number of hydrogen-bond acceptors (Lipinski definition) is 2. The molecule has 82 valence electrons. The van der Waals surface area contributed by atoms with Crippen molar-refractivity contribution in [2.24, 2.45) is 5.73 Å². The van der Waals surface area contributed by atoms with Gasteiger partial charge in [0.1, 0.15) is 0 Å². The maximum absolute atomic E-state index is 6.13. The van der Waals surface area contributed by atoms with E-state index in [1.165, 1.54) is 23.8 Å². The summed E-state index contributed by atoms with van der Waals surface area (Å²) in [5.41, 5.74) is 8.50. The Hall–Kier alpha value is -1.41. The van der Waals surface area contributed by atoms with E-state index in [1.807, 2.05) is 18.3 Å². The summed E-state index contributed by atoms with van der Waals surface area (Å²) in [6, 6.07) is 10.8. The van der Waals surface area contributed by atoms with Gasteiger partial charge in [-0.2, -0.15) is 0 Å². The molecule has 0 saturated heterocycles. The molecule has 0 bridgehead atoms. The number of rotatable bonds is 1. The van der Waals surface area contributed by atoms with Gasteiger partial charge < -0.3 is 5.73 Å². The lowest BCUT2D eigenvalue weighted by Gasteiger charge is -2.15. The Morgan fingerprint density at radius 3 is 2.88 bits per heavy atom. The standard InChI is InChI=1S/C14H16N2/c15-13-6-3-5-12(13)11-8-10-4-1-2-7-14(10)16-9-11/h1-2,4,7-9,12-13H,3,5-6,15H2. The van der Waals surface area contributed by atoms with E-state index < -0.39 is 0 Å². The molecule has 1 aliphatic rings. The maximum Gasteiger partial charge on any atom is 0.0702 e. The first-order valence-electron chi connectivity index (χ1n) is 5.95. The topological polar surface area (TPSA) is 38.9 Å². The van der Waals surface area contributed by atoms with Crippen LogP contribution in [-0.4, -0.2) is 11.0 Å². The second-order valence-electron chi connectivity index (χ2n) is 4.66. The Bertz CT molecular complexity index is 507. The lowest BCUT2D eigenvalue weighted by molar-refractivity contribution is 0.612. The molecular weight excluding hydrogens is 196 g/mol. The van der Waals surface area contributed by atoms with Crippen LogP contribution < -0.4 is 5.73 Å². The molecule has 1 aromatic carbocycles. The van der Waals surface area contributed by atoms with Crippen molar-refractivity contribution in [1.82, 2.24) is 4.98 Å². The van der Waals surface area contributed by atoms with Gasteiger partial charge in [0.25, 0.3) is 0 Å². The van der Waals surface area contributed by atoms with Gasteiger partial charge in [0.2, 0.25) is 0 Å². The molecule has 2 aromatic rings. The molecule has 0 amide bonds. The highest BCUT2D eigenvalue weighted by atomic mass is 14.7. The molecule has 1 heterocycles. The van der Waals surface area contributed by atoms with Crippen LogP contribution in [0.5, 0.6) is 0 Å². The zero-order valence-electron chi connectivity index (χ0n) is 9.26. The minimum absolute atomic E-state index is 0.322. The van der Waals surface area contributed by atoms with Crippen LogP contribution in [0.15, 0.2) is 36.5 Å². The maximum atomic E-state index is 6.13. The van der Waals surface area contributed by atoms with Crippen molar-refractivity contribution < 1.29 is 0 Å². The molecule has 3 rings (SSSR count). The van der Waals surface area contributed by atoms with Gasteiger partial charge in [-0.3, -0.25) is 4.98 Å². The van der Waals surface area contributed by atoms with E-state index in [4.69, 9.17) is 5.73 Å². The fraction of sp³-hybridized carbons (Fsp3) is 0.357. The van der Waals surface area contributed by atoms with Gasteiger partial charge in [0.15, 0.2) is 0 Å². The first-order valence-corrected chi connectivity index (χ1v) is 5.95.